The third-order valence-electron chi connectivity index (χ3n) is 6.52. The average molecular weight is 385 g/mol. The number of rotatable bonds is 5. The number of likely N-dealkylation sites (tertiary alicyclic amines) is 2. The van der Waals surface area contributed by atoms with Gasteiger partial charge >= 0.3 is 0 Å². The smallest absolute Gasteiger partial charge is 0.271 e. The van der Waals surface area contributed by atoms with E-state index in [2.05, 4.69) is 59.4 Å². The molecule has 1 aromatic rings. The topological polar surface area (TPSA) is 48.4 Å². The van der Waals surface area contributed by atoms with Gasteiger partial charge in [-0.1, -0.05) is 35.5 Å². The summed E-state index contributed by atoms with van der Waals surface area (Å²) < 4.78 is 0. The monoisotopic (exact) mass is 384 g/mol. The maximum Gasteiger partial charge on any atom is 0.271 e. The molecule has 28 heavy (non-hydrogen) atoms. The quantitative estimate of drug-likeness (QED) is 0.779. The Balaban J connectivity index is 1.26. The highest BCUT2D eigenvalue weighted by molar-refractivity contribution is 6.39. The fourth-order valence-corrected chi connectivity index (χ4v) is 4.67. The van der Waals surface area contributed by atoms with Gasteiger partial charge in [0.25, 0.3) is 5.91 Å². The Kier molecular flexibility index (Phi) is 5.69. The van der Waals surface area contributed by atoms with Crippen LogP contribution >= 0.6 is 0 Å². The van der Waals surface area contributed by atoms with Crippen LogP contribution < -0.4 is 0 Å². The van der Waals surface area contributed by atoms with Crippen LogP contribution in [0.1, 0.15) is 31.2 Å². The van der Waals surface area contributed by atoms with Crippen molar-refractivity contribution in [3.8, 4) is 0 Å². The van der Waals surface area contributed by atoms with Gasteiger partial charge in [0.1, 0.15) is 5.71 Å². The van der Waals surface area contributed by atoms with Crippen molar-refractivity contribution >= 4 is 11.6 Å². The van der Waals surface area contributed by atoms with Crippen molar-refractivity contribution in [2.75, 3.05) is 46.8 Å². The zero-order chi connectivity index (χ0) is 19.6. The van der Waals surface area contributed by atoms with Crippen LogP contribution in [0.25, 0.3) is 0 Å². The molecule has 0 saturated carbocycles. The summed E-state index contributed by atoms with van der Waals surface area (Å²) >= 11 is 0. The lowest BCUT2D eigenvalue weighted by atomic mass is 9.95. The summed E-state index contributed by atoms with van der Waals surface area (Å²) in [7, 11) is 4.23. The normalized spacial score (nSPS) is 26.1. The molecule has 6 nitrogen and oxygen atoms in total. The maximum absolute atomic E-state index is 12.9. The predicted octanol–water partition coefficient (Wildman–Crippen LogP) is 2.00. The maximum atomic E-state index is 12.9. The summed E-state index contributed by atoms with van der Waals surface area (Å²) in [5.74, 6) is 0.0804. The van der Waals surface area contributed by atoms with Crippen LogP contribution in [0.2, 0.25) is 0 Å². The molecule has 4 rings (SSSR count). The Labute approximate surface area is 168 Å². The molecule has 6 heteroatoms. The van der Waals surface area contributed by atoms with E-state index in [4.69, 9.17) is 4.84 Å². The largest absolute Gasteiger partial charge is 0.387 e. The Hall–Kier alpha value is -1.92. The minimum Gasteiger partial charge on any atom is -0.387 e. The third kappa shape index (κ3) is 4.23. The highest BCUT2D eigenvalue weighted by atomic mass is 16.7. The molecule has 2 fully saturated rings. The third-order valence-corrected chi connectivity index (χ3v) is 6.52. The van der Waals surface area contributed by atoms with Crippen molar-refractivity contribution in [1.82, 2.24) is 14.7 Å². The van der Waals surface area contributed by atoms with Crippen LogP contribution in [-0.4, -0.2) is 84.8 Å². The van der Waals surface area contributed by atoms with Gasteiger partial charge in [0.2, 0.25) is 0 Å². The van der Waals surface area contributed by atoms with Crippen LogP contribution in [0.4, 0.5) is 0 Å². The summed E-state index contributed by atoms with van der Waals surface area (Å²) in [5, 5.41) is 4.24. The highest BCUT2D eigenvalue weighted by Gasteiger charge is 2.47. The van der Waals surface area contributed by atoms with E-state index in [0.717, 1.165) is 58.4 Å². The molecule has 1 atom stereocenters. The number of carbonyl (C=O) groups is 1. The van der Waals surface area contributed by atoms with Gasteiger partial charge in [-0.25, -0.2) is 0 Å². The Morgan fingerprint density at radius 2 is 1.96 bits per heavy atom. The molecule has 3 aliphatic heterocycles. The van der Waals surface area contributed by atoms with E-state index >= 15 is 0 Å². The second-order valence-electron chi connectivity index (χ2n) is 8.74. The fourth-order valence-electron chi connectivity index (χ4n) is 4.67. The molecule has 0 bridgehead atoms. The van der Waals surface area contributed by atoms with Gasteiger partial charge in [-0.15, -0.1) is 0 Å². The molecule has 152 valence electrons. The first-order chi connectivity index (χ1) is 13.5. The predicted molar refractivity (Wildman–Crippen MR) is 110 cm³/mol. The molecule has 0 radical (unpaired) electrons. The first kappa shape index (κ1) is 19.4. The minimum atomic E-state index is -0.288. The molecule has 1 spiro atoms. The number of carbonyl (C=O) groups excluding carboxylic acids is 1. The van der Waals surface area contributed by atoms with Crippen molar-refractivity contribution in [2.45, 2.75) is 43.7 Å². The summed E-state index contributed by atoms with van der Waals surface area (Å²) in [6.07, 6.45) is 4.72. The van der Waals surface area contributed by atoms with Gasteiger partial charge in [0, 0.05) is 51.6 Å². The average Bonchev–Trinajstić information content (AvgIpc) is 3.33. The molecule has 0 aromatic heterocycles. The molecule has 3 aliphatic rings. The van der Waals surface area contributed by atoms with Crippen LogP contribution in [-0.2, 0) is 16.1 Å². The first-order valence-electron chi connectivity index (χ1n) is 10.5. The fraction of sp³-hybridized carbons (Fsp3) is 0.636. The van der Waals surface area contributed by atoms with E-state index in [1.54, 1.807) is 0 Å². The SMILES string of the molecule is CN(C)C1CCN(C(=O)C2=NOC3(CCN(CCc4ccccc4)C3)C2)CC1. The number of nitrogens with zero attached hydrogens (tertiary/aromatic N) is 4. The first-order valence-corrected chi connectivity index (χ1v) is 10.5. The van der Waals surface area contributed by atoms with E-state index in [1.807, 2.05) is 4.90 Å². The minimum absolute atomic E-state index is 0.0804. The lowest BCUT2D eigenvalue weighted by Gasteiger charge is -2.35. The number of piperidine rings is 1. The molecule has 2 saturated heterocycles. The molecule has 1 amide bonds. The number of oxime groups is 1. The standard InChI is InChI=1S/C22H32N4O2/c1-24(2)19-9-13-26(14-10-19)21(27)20-16-22(28-23-20)11-15-25(17-22)12-8-18-6-4-3-5-7-18/h3-7,19H,8-17H2,1-2H3. The summed E-state index contributed by atoms with van der Waals surface area (Å²) in [6.45, 7) is 4.53. The Morgan fingerprint density at radius 3 is 2.68 bits per heavy atom. The van der Waals surface area contributed by atoms with Crippen LogP contribution in [0.15, 0.2) is 35.5 Å². The van der Waals surface area contributed by atoms with Crippen LogP contribution in [0.5, 0.6) is 0 Å². The zero-order valence-electron chi connectivity index (χ0n) is 17.1. The van der Waals surface area contributed by atoms with E-state index in [1.165, 1.54) is 5.56 Å². The molecule has 0 aliphatic carbocycles. The van der Waals surface area contributed by atoms with Crippen molar-refractivity contribution < 1.29 is 9.63 Å². The van der Waals surface area contributed by atoms with E-state index in [-0.39, 0.29) is 11.5 Å². The number of hydrogen-bond acceptors (Lipinski definition) is 5. The lowest BCUT2D eigenvalue weighted by molar-refractivity contribution is -0.125. The van der Waals surface area contributed by atoms with E-state index < -0.39 is 0 Å². The number of amides is 1. The second-order valence-corrected chi connectivity index (χ2v) is 8.74. The zero-order valence-corrected chi connectivity index (χ0v) is 17.1. The molecule has 1 unspecified atom stereocenters. The van der Waals surface area contributed by atoms with Crippen molar-refractivity contribution in [2.24, 2.45) is 5.16 Å². The molecular weight excluding hydrogens is 352 g/mol. The van der Waals surface area contributed by atoms with Gasteiger partial charge in [-0.2, -0.15) is 0 Å². The van der Waals surface area contributed by atoms with Crippen LogP contribution in [0, 0.1) is 0 Å². The summed E-state index contributed by atoms with van der Waals surface area (Å²) in [4.78, 5) is 25.4. The van der Waals surface area contributed by atoms with E-state index in [9.17, 15) is 4.79 Å². The van der Waals surface area contributed by atoms with Gasteiger partial charge in [-0.05, 0) is 38.9 Å². The summed E-state index contributed by atoms with van der Waals surface area (Å²) in [6, 6.07) is 11.2. The molecular formula is C22H32N4O2. The van der Waals surface area contributed by atoms with Crippen LogP contribution in [0.3, 0.4) is 0 Å². The van der Waals surface area contributed by atoms with Gasteiger partial charge in [-0.3, -0.25) is 9.69 Å². The van der Waals surface area contributed by atoms with Gasteiger partial charge < -0.3 is 14.6 Å². The van der Waals surface area contributed by atoms with Gasteiger partial charge in [0.15, 0.2) is 5.60 Å². The van der Waals surface area contributed by atoms with Crippen molar-refractivity contribution in [1.29, 1.82) is 0 Å². The Bertz CT molecular complexity index is 713. The molecule has 1 aromatic carbocycles. The highest BCUT2D eigenvalue weighted by Crippen LogP contribution is 2.34. The number of hydrogen-bond donors (Lipinski definition) is 0. The molecule has 3 heterocycles. The number of benzene rings is 1. The van der Waals surface area contributed by atoms with Crippen molar-refractivity contribution in [3.05, 3.63) is 35.9 Å². The second kappa shape index (κ2) is 8.21. The Morgan fingerprint density at radius 1 is 1.21 bits per heavy atom. The van der Waals surface area contributed by atoms with Gasteiger partial charge in [0.05, 0.1) is 0 Å². The van der Waals surface area contributed by atoms with E-state index in [0.29, 0.717) is 18.2 Å². The lowest BCUT2D eigenvalue weighted by Crippen LogP contribution is -2.47. The van der Waals surface area contributed by atoms with Crippen molar-refractivity contribution in [3.63, 3.8) is 0 Å². The molecule has 0 N–H and O–H groups in total. The summed E-state index contributed by atoms with van der Waals surface area (Å²) in [5.41, 5.74) is 1.70.